The van der Waals surface area contributed by atoms with Crippen LogP contribution in [0.25, 0.3) is 11.3 Å². The maximum Gasteiger partial charge on any atom is 0.329 e. The molecule has 2 aromatic rings. The molecule has 1 aliphatic carbocycles. The number of hydrogen-bond donors (Lipinski definition) is 0. The van der Waals surface area contributed by atoms with Gasteiger partial charge in [-0.3, -0.25) is 4.57 Å². The Hall–Kier alpha value is -2.70. The minimum absolute atomic E-state index is 0.0899. The van der Waals surface area contributed by atoms with Gasteiger partial charge in [-0.2, -0.15) is 0 Å². The largest absolute Gasteiger partial charge is 0.494 e. The van der Waals surface area contributed by atoms with Gasteiger partial charge in [-0.1, -0.05) is 19.3 Å². The Morgan fingerprint density at radius 2 is 2.08 bits per heavy atom. The summed E-state index contributed by atoms with van der Waals surface area (Å²) in [5.74, 6) is 0.409. The first-order chi connectivity index (χ1) is 12.1. The van der Waals surface area contributed by atoms with Crippen LogP contribution in [-0.4, -0.2) is 40.7 Å². The first-order valence-corrected chi connectivity index (χ1v) is 8.47. The van der Waals surface area contributed by atoms with Gasteiger partial charge in [0, 0.05) is 24.8 Å². The van der Waals surface area contributed by atoms with Gasteiger partial charge in [0.1, 0.15) is 12.1 Å². The Balaban J connectivity index is 1.80. The highest BCUT2D eigenvalue weighted by Crippen LogP contribution is 2.32. The van der Waals surface area contributed by atoms with Gasteiger partial charge in [0.25, 0.3) is 0 Å². The Bertz CT molecular complexity index is 765. The van der Waals surface area contributed by atoms with Gasteiger partial charge in [-0.15, -0.1) is 4.91 Å². The van der Waals surface area contributed by atoms with E-state index in [0.29, 0.717) is 23.0 Å². The summed E-state index contributed by atoms with van der Waals surface area (Å²) in [6, 6.07) is 5.26. The van der Waals surface area contributed by atoms with E-state index in [1.807, 2.05) is 7.05 Å². The van der Waals surface area contributed by atoms with E-state index in [1.54, 1.807) is 29.3 Å². The van der Waals surface area contributed by atoms with Crippen molar-refractivity contribution in [2.24, 2.45) is 5.18 Å². The van der Waals surface area contributed by atoms with E-state index in [2.05, 4.69) is 10.2 Å². The molecule has 3 rings (SSSR count). The standard InChI is InChI=1S/C18H22N4O3/c1-21(14-6-4-3-5-7-14)18(23)22-11-16(19-12-22)13-8-9-17(25-2)15(10-13)20-24/h8-12,14H,3-7H2,1-2H3. The van der Waals surface area contributed by atoms with Crippen LogP contribution in [0, 0.1) is 4.91 Å². The highest BCUT2D eigenvalue weighted by molar-refractivity contribution is 5.78. The van der Waals surface area contributed by atoms with E-state index in [9.17, 15) is 9.70 Å². The molecule has 1 heterocycles. The molecule has 132 valence electrons. The fraction of sp³-hybridized carbons (Fsp3) is 0.444. The van der Waals surface area contributed by atoms with Crippen LogP contribution in [0.2, 0.25) is 0 Å². The summed E-state index contributed by atoms with van der Waals surface area (Å²) in [5, 5.41) is 2.97. The molecule has 1 aromatic carbocycles. The molecular formula is C18H22N4O3. The number of nitrogens with zero attached hydrogens (tertiary/aromatic N) is 4. The molecule has 7 heteroatoms. The highest BCUT2D eigenvalue weighted by Gasteiger charge is 2.23. The van der Waals surface area contributed by atoms with Gasteiger partial charge in [0.15, 0.2) is 5.69 Å². The Kier molecular flexibility index (Phi) is 5.11. The zero-order valence-corrected chi connectivity index (χ0v) is 14.5. The van der Waals surface area contributed by atoms with E-state index in [1.165, 1.54) is 37.3 Å². The fourth-order valence-corrected chi connectivity index (χ4v) is 3.30. The average molecular weight is 342 g/mol. The molecule has 25 heavy (non-hydrogen) atoms. The van der Waals surface area contributed by atoms with Crippen LogP contribution >= 0.6 is 0 Å². The van der Waals surface area contributed by atoms with Crippen molar-refractivity contribution in [2.75, 3.05) is 14.2 Å². The molecule has 0 saturated heterocycles. The molecule has 0 unspecified atom stereocenters. The first kappa shape index (κ1) is 17.1. The number of methoxy groups -OCH3 is 1. The third-order valence-corrected chi connectivity index (χ3v) is 4.80. The summed E-state index contributed by atoms with van der Waals surface area (Å²) in [7, 11) is 3.33. The number of carbonyl (C=O) groups is 1. The Morgan fingerprint density at radius 3 is 2.76 bits per heavy atom. The third-order valence-electron chi connectivity index (χ3n) is 4.80. The highest BCUT2D eigenvalue weighted by atomic mass is 16.5. The molecule has 1 aliphatic rings. The van der Waals surface area contributed by atoms with E-state index >= 15 is 0 Å². The number of imidazole rings is 1. The molecule has 0 aliphatic heterocycles. The van der Waals surface area contributed by atoms with Crippen LogP contribution in [0.5, 0.6) is 5.75 Å². The van der Waals surface area contributed by atoms with Crippen molar-refractivity contribution in [2.45, 2.75) is 38.1 Å². The molecule has 1 saturated carbocycles. The molecule has 0 radical (unpaired) electrons. The molecule has 1 aromatic heterocycles. The number of nitroso groups, excluding NO2 is 1. The van der Waals surface area contributed by atoms with Gasteiger partial charge in [0.05, 0.1) is 12.8 Å². The fourth-order valence-electron chi connectivity index (χ4n) is 3.30. The van der Waals surface area contributed by atoms with Crippen LogP contribution in [0.3, 0.4) is 0 Å². The lowest BCUT2D eigenvalue weighted by molar-refractivity contribution is 0.175. The monoisotopic (exact) mass is 342 g/mol. The summed E-state index contributed by atoms with van der Waals surface area (Å²) in [6.45, 7) is 0. The minimum Gasteiger partial charge on any atom is -0.494 e. The Morgan fingerprint density at radius 1 is 1.32 bits per heavy atom. The summed E-state index contributed by atoms with van der Waals surface area (Å²) in [6.07, 6.45) is 8.88. The normalized spacial score (nSPS) is 15.0. The van der Waals surface area contributed by atoms with Gasteiger partial charge in [-0.05, 0) is 36.2 Å². The van der Waals surface area contributed by atoms with Crippen molar-refractivity contribution >= 4 is 11.7 Å². The smallest absolute Gasteiger partial charge is 0.329 e. The summed E-state index contributed by atoms with van der Waals surface area (Å²) >= 11 is 0. The van der Waals surface area contributed by atoms with Gasteiger partial charge in [0.2, 0.25) is 0 Å². The van der Waals surface area contributed by atoms with Crippen molar-refractivity contribution < 1.29 is 9.53 Å². The molecule has 0 N–H and O–H groups in total. The second-order valence-electron chi connectivity index (χ2n) is 6.33. The predicted octanol–water partition coefficient (Wildman–Crippen LogP) is 4.19. The van der Waals surface area contributed by atoms with Crippen LogP contribution in [-0.2, 0) is 0 Å². The summed E-state index contributed by atoms with van der Waals surface area (Å²) < 4.78 is 6.58. The van der Waals surface area contributed by atoms with Crippen LogP contribution < -0.4 is 4.74 Å². The number of carbonyl (C=O) groups excluding carboxylic acids is 1. The van der Waals surface area contributed by atoms with E-state index < -0.39 is 0 Å². The van der Waals surface area contributed by atoms with E-state index in [-0.39, 0.29) is 11.7 Å². The molecule has 0 atom stereocenters. The van der Waals surface area contributed by atoms with Gasteiger partial charge >= 0.3 is 6.03 Å². The van der Waals surface area contributed by atoms with Gasteiger partial charge in [-0.25, -0.2) is 9.78 Å². The van der Waals surface area contributed by atoms with Crippen molar-refractivity contribution in [3.8, 4) is 17.0 Å². The quantitative estimate of drug-likeness (QED) is 0.781. The lowest BCUT2D eigenvalue weighted by Crippen LogP contribution is -2.40. The number of amides is 1. The van der Waals surface area contributed by atoms with E-state index in [0.717, 1.165) is 12.8 Å². The van der Waals surface area contributed by atoms with Crippen LogP contribution in [0.1, 0.15) is 32.1 Å². The molecule has 1 fully saturated rings. The SMILES string of the molecule is COc1ccc(-c2cn(C(=O)N(C)C3CCCCC3)cn2)cc1N=O. The van der Waals surface area contributed by atoms with Crippen molar-refractivity contribution in [3.05, 3.63) is 35.6 Å². The lowest BCUT2D eigenvalue weighted by Gasteiger charge is -2.31. The minimum atomic E-state index is -0.0899. The molecule has 7 nitrogen and oxygen atoms in total. The number of hydrogen-bond acceptors (Lipinski definition) is 5. The lowest BCUT2D eigenvalue weighted by atomic mass is 9.95. The average Bonchev–Trinajstić information content (AvgIpc) is 3.17. The number of benzene rings is 1. The Labute approximate surface area is 146 Å². The molecule has 1 amide bonds. The number of rotatable bonds is 4. The maximum absolute atomic E-state index is 12.7. The molecular weight excluding hydrogens is 320 g/mol. The van der Waals surface area contributed by atoms with Crippen molar-refractivity contribution in [1.82, 2.24) is 14.5 Å². The van der Waals surface area contributed by atoms with Gasteiger partial charge < -0.3 is 9.64 Å². The van der Waals surface area contributed by atoms with E-state index in [4.69, 9.17) is 4.74 Å². The zero-order chi connectivity index (χ0) is 17.8. The summed E-state index contributed by atoms with van der Waals surface area (Å²) in [5.41, 5.74) is 1.53. The third kappa shape index (κ3) is 3.55. The number of ether oxygens (including phenoxy) is 1. The van der Waals surface area contributed by atoms with Crippen LogP contribution in [0.15, 0.2) is 35.9 Å². The van der Waals surface area contributed by atoms with Crippen LogP contribution in [0.4, 0.5) is 10.5 Å². The topological polar surface area (TPSA) is 76.8 Å². The molecule has 0 bridgehead atoms. The number of aromatic nitrogens is 2. The summed E-state index contributed by atoms with van der Waals surface area (Å²) in [4.78, 5) is 29.7. The second-order valence-corrected chi connectivity index (χ2v) is 6.33. The van der Waals surface area contributed by atoms with Crippen molar-refractivity contribution in [1.29, 1.82) is 0 Å². The predicted molar refractivity (Wildman–Crippen MR) is 95.1 cm³/mol. The second kappa shape index (κ2) is 7.46. The molecule has 0 spiro atoms. The van der Waals surface area contributed by atoms with Crippen molar-refractivity contribution in [3.63, 3.8) is 0 Å². The maximum atomic E-state index is 12.7. The first-order valence-electron chi connectivity index (χ1n) is 8.47. The zero-order valence-electron chi connectivity index (χ0n) is 14.5.